The highest BCUT2D eigenvalue weighted by Crippen LogP contribution is 2.27. The first kappa shape index (κ1) is 14.3. The van der Waals surface area contributed by atoms with E-state index < -0.39 is 0 Å². The maximum Gasteiger partial charge on any atom is 0.201 e. The van der Waals surface area contributed by atoms with Crippen LogP contribution < -0.4 is 0 Å². The Bertz CT molecular complexity index is 787. The van der Waals surface area contributed by atoms with Crippen LogP contribution in [-0.2, 0) is 0 Å². The molecule has 3 heterocycles. The molecule has 1 unspecified atom stereocenters. The van der Waals surface area contributed by atoms with Crippen LogP contribution in [0.3, 0.4) is 0 Å². The van der Waals surface area contributed by atoms with Gasteiger partial charge in [0, 0.05) is 17.8 Å². The van der Waals surface area contributed by atoms with Crippen molar-refractivity contribution >= 4 is 11.2 Å². The summed E-state index contributed by atoms with van der Waals surface area (Å²) in [5, 5.41) is 10.7. The van der Waals surface area contributed by atoms with Gasteiger partial charge in [0.05, 0.1) is 0 Å². The minimum absolute atomic E-state index is 0.487. The van der Waals surface area contributed by atoms with Crippen LogP contribution >= 0.6 is 0 Å². The zero-order chi connectivity index (χ0) is 15.6. The van der Waals surface area contributed by atoms with Crippen molar-refractivity contribution in [2.75, 3.05) is 13.1 Å². The second-order valence-electron chi connectivity index (χ2n) is 6.28. The molecule has 5 nitrogen and oxygen atoms in total. The fourth-order valence-electron chi connectivity index (χ4n) is 3.37. The minimum Gasteiger partial charge on any atom is -0.297 e. The zero-order valence-electron chi connectivity index (χ0n) is 13.4. The van der Waals surface area contributed by atoms with E-state index in [2.05, 4.69) is 56.5 Å². The Morgan fingerprint density at radius 1 is 1.00 bits per heavy atom. The monoisotopic (exact) mass is 307 g/mol. The molecule has 1 fully saturated rings. The average Bonchev–Trinajstić information content (AvgIpc) is 3.10. The number of nitrogens with one attached hydrogen (secondary N) is 1. The van der Waals surface area contributed by atoms with Crippen molar-refractivity contribution in [2.45, 2.75) is 32.2 Å². The van der Waals surface area contributed by atoms with Gasteiger partial charge in [-0.1, -0.05) is 30.7 Å². The molecule has 23 heavy (non-hydrogen) atoms. The van der Waals surface area contributed by atoms with Gasteiger partial charge >= 0.3 is 0 Å². The summed E-state index contributed by atoms with van der Waals surface area (Å²) < 4.78 is 0. The molecule has 0 aliphatic carbocycles. The van der Waals surface area contributed by atoms with E-state index in [1.807, 2.05) is 12.3 Å². The minimum atomic E-state index is 0.487. The SMILES string of the molecule is CC(c1ccc(-c2cnc3n[nH]nc3c2)cc1)N1CCCCC1. The fraction of sp³-hybridized carbons (Fsp3) is 0.389. The Morgan fingerprint density at radius 3 is 2.57 bits per heavy atom. The first-order valence-electron chi connectivity index (χ1n) is 8.32. The van der Waals surface area contributed by atoms with E-state index in [1.54, 1.807) is 0 Å². The summed E-state index contributed by atoms with van der Waals surface area (Å²) in [5.74, 6) is 0. The van der Waals surface area contributed by atoms with Crippen molar-refractivity contribution in [1.82, 2.24) is 25.3 Å². The smallest absolute Gasteiger partial charge is 0.201 e. The molecule has 1 aliphatic heterocycles. The summed E-state index contributed by atoms with van der Waals surface area (Å²) in [5.41, 5.74) is 5.07. The largest absolute Gasteiger partial charge is 0.297 e. The van der Waals surface area contributed by atoms with Crippen molar-refractivity contribution in [3.8, 4) is 11.1 Å². The van der Waals surface area contributed by atoms with Crippen LogP contribution in [0, 0.1) is 0 Å². The van der Waals surface area contributed by atoms with Crippen LogP contribution in [0.1, 0.15) is 37.8 Å². The molecule has 118 valence electrons. The Labute approximate surface area is 135 Å². The maximum absolute atomic E-state index is 4.34. The van der Waals surface area contributed by atoms with Gasteiger partial charge in [-0.3, -0.25) is 4.90 Å². The highest BCUT2D eigenvalue weighted by atomic mass is 15.3. The Hall–Kier alpha value is -2.27. The van der Waals surface area contributed by atoms with Crippen molar-refractivity contribution in [1.29, 1.82) is 0 Å². The van der Waals surface area contributed by atoms with Crippen molar-refractivity contribution in [3.05, 3.63) is 42.1 Å². The van der Waals surface area contributed by atoms with Gasteiger partial charge in [0.25, 0.3) is 0 Å². The second kappa shape index (κ2) is 6.08. The number of benzene rings is 1. The lowest BCUT2D eigenvalue weighted by molar-refractivity contribution is 0.175. The van der Waals surface area contributed by atoms with E-state index in [0.717, 1.165) is 16.6 Å². The van der Waals surface area contributed by atoms with Crippen LogP contribution in [0.15, 0.2) is 36.5 Å². The fourth-order valence-corrected chi connectivity index (χ4v) is 3.37. The van der Waals surface area contributed by atoms with E-state index in [-0.39, 0.29) is 0 Å². The molecule has 0 saturated carbocycles. The highest BCUT2D eigenvalue weighted by Gasteiger charge is 2.18. The Morgan fingerprint density at radius 2 is 1.78 bits per heavy atom. The number of hydrogen-bond acceptors (Lipinski definition) is 4. The normalized spacial score (nSPS) is 17.4. The number of fused-ring (bicyclic) bond motifs is 1. The van der Waals surface area contributed by atoms with Gasteiger partial charge in [-0.05, 0) is 50.0 Å². The molecule has 3 aromatic rings. The van der Waals surface area contributed by atoms with Crippen molar-refractivity contribution in [2.24, 2.45) is 0 Å². The molecule has 1 saturated heterocycles. The highest BCUT2D eigenvalue weighted by molar-refractivity contribution is 5.76. The van der Waals surface area contributed by atoms with E-state index in [9.17, 15) is 0 Å². The summed E-state index contributed by atoms with van der Waals surface area (Å²) in [6.07, 6.45) is 5.88. The van der Waals surface area contributed by atoms with Gasteiger partial charge in [-0.2, -0.15) is 10.3 Å². The van der Waals surface area contributed by atoms with Crippen LogP contribution in [0.25, 0.3) is 22.3 Å². The summed E-state index contributed by atoms with van der Waals surface area (Å²) in [6, 6.07) is 11.3. The predicted octanol–water partition coefficient (Wildman–Crippen LogP) is 3.57. The van der Waals surface area contributed by atoms with Crippen molar-refractivity contribution in [3.63, 3.8) is 0 Å². The van der Waals surface area contributed by atoms with Gasteiger partial charge in [0.2, 0.25) is 5.65 Å². The molecule has 1 aliphatic rings. The van der Waals surface area contributed by atoms with Gasteiger partial charge in [-0.25, -0.2) is 4.98 Å². The van der Waals surface area contributed by atoms with Crippen LogP contribution in [-0.4, -0.2) is 38.4 Å². The topological polar surface area (TPSA) is 57.7 Å². The molecular formula is C18H21N5. The molecule has 0 amide bonds. The van der Waals surface area contributed by atoms with Crippen LogP contribution in [0.2, 0.25) is 0 Å². The first-order chi connectivity index (χ1) is 11.3. The number of hydrogen-bond donors (Lipinski definition) is 1. The molecule has 5 heteroatoms. The molecule has 0 spiro atoms. The second-order valence-corrected chi connectivity index (χ2v) is 6.28. The average molecular weight is 307 g/mol. The van der Waals surface area contributed by atoms with Crippen molar-refractivity contribution < 1.29 is 0 Å². The molecule has 4 rings (SSSR count). The molecular weight excluding hydrogens is 286 g/mol. The predicted molar refractivity (Wildman–Crippen MR) is 91.0 cm³/mol. The number of aromatic nitrogens is 4. The van der Waals surface area contributed by atoms with Gasteiger partial charge in [0.1, 0.15) is 5.52 Å². The van der Waals surface area contributed by atoms with Crippen LogP contribution in [0.5, 0.6) is 0 Å². The van der Waals surface area contributed by atoms with Gasteiger partial charge < -0.3 is 0 Å². The lowest BCUT2D eigenvalue weighted by Gasteiger charge is -2.32. The number of H-pyrrole nitrogens is 1. The molecule has 1 aromatic carbocycles. The van der Waals surface area contributed by atoms with E-state index >= 15 is 0 Å². The molecule has 0 radical (unpaired) electrons. The van der Waals surface area contributed by atoms with E-state index in [0.29, 0.717) is 11.7 Å². The van der Waals surface area contributed by atoms with Gasteiger partial charge in [0.15, 0.2) is 0 Å². The third kappa shape index (κ3) is 2.84. The van der Waals surface area contributed by atoms with Crippen LogP contribution in [0.4, 0.5) is 0 Å². The third-order valence-corrected chi connectivity index (χ3v) is 4.84. The number of rotatable bonds is 3. The molecule has 1 atom stereocenters. The summed E-state index contributed by atoms with van der Waals surface area (Å²) >= 11 is 0. The number of piperidine rings is 1. The molecule has 1 N–H and O–H groups in total. The number of pyridine rings is 1. The first-order valence-corrected chi connectivity index (χ1v) is 8.32. The van der Waals surface area contributed by atoms with E-state index in [1.165, 1.54) is 37.9 Å². The summed E-state index contributed by atoms with van der Waals surface area (Å²) in [6.45, 7) is 4.74. The quantitative estimate of drug-likeness (QED) is 0.803. The van der Waals surface area contributed by atoms with Gasteiger partial charge in [-0.15, -0.1) is 5.10 Å². The zero-order valence-corrected chi connectivity index (χ0v) is 13.4. The molecule has 0 bridgehead atoms. The summed E-state index contributed by atoms with van der Waals surface area (Å²) in [7, 11) is 0. The van der Waals surface area contributed by atoms with E-state index in [4.69, 9.17) is 0 Å². The standard InChI is InChI=1S/C18H21N5/c1-13(23-9-3-2-4-10-23)14-5-7-15(8-6-14)16-11-17-18(19-12-16)21-22-20-17/h5-8,11-13H,2-4,9-10H2,1H3,(H,19,20,21,22). The Kier molecular flexibility index (Phi) is 3.79. The lowest BCUT2D eigenvalue weighted by Crippen LogP contribution is -2.32. The number of likely N-dealkylation sites (tertiary alicyclic amines) is 1. The Balaban J connectivity index is 1.57. The maximum atomic E-state index is 4.34. The number of aromatic amines is 1. The number of nitrogens with zero attached hydrogens (tertiary/aromatic N) is 4. The lowest BCUT2D eigenvalue weighted by atomic mass is 10.00. The molecule has 2 aromatic heterocycles. The third-order valence-electron chi connectivity index (χ3n) is 4.84. The summed E-state index contributed by atoms with van der Waals surface area (Å²) in [4.78, 5) is 6.92.